The van der Waals surface area contributed by atoms with Crippen LogP contribution in [0.5, 0.6) is 0 Å². The van der Waals surface area contributed by atoms with Gasteiger partial charge in [-0.2, -0.15) is 0 Å². The lowest BCUT2D eigenvalue weighted by Gasteiger charge is -2.32. The van der Waals surface area contributed by atoms with Gasteiger partial charge in [0.1, 0.15) is 0 Å². The summed E-state index contributed by atoms with van der Waals surface area (Å²) in [7, 11) is 0. The molecule has 126 valence electrons. The first-order valence-corrected chi connectivity index (χ1v) is 7.36. The minimum atomic E-state index is -1.65. The lowest BCUT2D eigenvalue weighted by atomic mass is 10.0. The Bertz CT molecular complexity index is 606. The predicted molar refractivity (Wildman–Crippen MR) is 78.2 cm³/mol. The highest BCUT2D eigenvalue weighted by Gasteiger charge is 2.30. The van der Waals surface area contributed by atoms with Crippen molar-refractivity contribution in [2.75, 3.05) is 31.5 Å². The molecule has 0 bridgehead atoms. The van der Waals surface area contributed by atoms with E-state index in [1.807, 2.05) is 6.92 Å². The SMILES string of the molecule is CCCN(CC(=O)Nc1ccc(F)c(F)c1F)C(=O)C1CNC1. The summed E-state index contributed by atoms with van der Waals surface area (Å²) in [6.07, 6.45) is 0.665. The van der Waals surface area contributed by atoms with Crippen molar-refractivity contribution in [2.24, 2.45) is 5.92 Å². The van der Waals surface area contributed by atoms with Crippen LogP contribution < -0.4 is 10.6 Å². The maximum Gasteiger partial charge on any atom is 0.244 e. The molecular weight excluding hydrogens is 311 g/mol. The van der Waals surface area contributed by atoms with Gasteiger partial charge in [0.25, 0.3) is 0 Å². The highest BCUT2D eigenvalue weighted by Crippen LogP contribution is 2.19. The number of anilines is 1. The maximum absolute atomic E-state index is 13.5. The smallest absolute Gasteiger partial charge is 0.244 e. The third-order valence-electron chi connectivity index (χ3n) is 3.58. The number of nitrogens with one attached hydrogen (secondary N) is 2. The summed E-state index contributed by atoms with van der Waals surface area (Å²) in [4.78, 5) is 25.6. The Kier molecular flexibility index (Phi) is 5.59. The van der Waals surface area contributed by atoms with Gasteiger partial charge in [0.05, 0.1) is 18.2 Å². The number of amides is 2. The quantitative estimate of drug-likeness (QED) is 0.778. The van der Waals surface area contributed by atoms with Crippen LogP contribution in [0.4, 0.5) is 18.9 Å². The molecule has 0 spiro atoms. The molecule has 8 heteroatoms. The van der Waals surface area contributed by atoms with Crippen LogP contribution in [0.15, 0.2) is 12.1 Å². The van der Waals surface area contributed by atoms with Crippen molar-refractivity contribution < 1.29 is 22.8 Å². The van der Waals surface area contributed by atoms with Crippen LogP contribution in [0.1, 0.15) is 13.3 Å². The minimum Gasteiger partial charge on any atom is -0.333 e. The molecule has 23 heavy (non-hydrogen) atoms. The number of halogens is 3. The molecule has 2 amide bonds. The Labute approximate surface area is 131 Å². The van der Waals surface area contributed by atoms with E-state index in [-0.39, 0.29) is 18.4 Å². The van der Waals surface area contributed by atoms with E-state index in [1.54, 1.807) is 0 Å². The van der Waals surface area contributed by atoms with Gasteiger partial charge in [-0.3, -0.25) is 9.59 Å². The zero-order chi connectivity index (χ0) is 17.0. The van der Waals surface area contributed by atoms with E-state index in [0.29, 0.717) is 26.1 Å². The van der Waals surface area contributed by atoms with Gasteiger partial charge >= 0.3 is 0 Å². The summed E-state index contributed by atoms with van der Waals surface area (Å²) < 4.78 is 39.5. The van der Waals surface area contributed by atoms with Gasteiger partial charge in [0.15, 0.2) is 17.5 Å². The Hall–Kier alpha value is -2.09. The largest absolute Gasteiger partial charge is 0.333 e. The average molecular weight is 329 g/mol. The molecule has 1 aromatic carbocycles. The molecule has 1 aromatic rings. The number of nitrogens with zero attached hydrogens (tertiary/aromatic N) is 1. The third kappa shape index (κ3) is 4.01. The molecule has 2 rings (SSSR count). The molecule has 1 saturated heterocycles. The number of carbonyl (C=O) groups excluding carboxylic acids is 2. The van der Waals surface area contributed by atoms with Crippen molar-refractivity contribution in [2.45, 2.75) is 13.3 Å². The van der Waals surface area contributed by atoms with E-state index in [0.717, 1.165) is 12.1 Å². The van der Waals surface area contributed by atoms with Crippen LogP contribution in [0.25, 0.3) is 0 Å². The molecule has 0 aliphatic carbocycles. The third-order valence-corrected chi connectivity index (χ3v) is 3.58. The Balaban J connectivity index is 2.01. The summed E-state index contributed by atoms with van der Waals surface area (Å²) in [6.45, 7) is 3.13. The molecule has 1 heterocycles. The van der Waals surface area contributed by atoms with Crippen molar-refractivity contribution in [3.63, 3.8) is 0 Å². The zero-order valence-electron chi connectivity index (χ0n) is 12.7. The predicted octanol–water partition coefficient (Wildman–Crippen LogP) is 1.50. The summed E-state index contributed by atoms with van der Waals surface area (Å²) in [5.74, 6) is -5.41. The molecule has 0 unspecified atom stereocenters. The lowest BCUT2D eigenvalue weighted by Crippen LogP contribution is -2.53. The zero-order valence-corrected chi connectivity index (χ0v) is 12.7. The lowest BCUT2D eigenvalue weighted by molar-refractivity contribution is -0.139. The molecule has 2 N–H and O–H groups in total. The number of hydrogen-bond acceptors (Lipinski definition) is 3. The van der Waals surface area contributed by atoms with Crippen molar-refractivity contribution >= 4 is 17.5 Å². The van der Waals surface area contributed by atoms with Gasteiger partial charge in [0, 0.05) is 19.6 Å². The standard InChI is InChI=1S/C15H18F3N3O2/c1-2-5-21(15(23)9-6-19-7-9)8-12(22)20-11-4-3-10(16)13(17)14(11)18/h3-4,9,19H,2,5-8H2,1H3,(H,20,22). The van der Waals surface area contributed by atoms with E-state index >= 15 is 0 Å². The molecule has 0 saturated carbocycles. The second kappa shape index (κ2) is 7.45. The first kappa shape index (κ1) is 17.3. The summed E-state index contributed by atoms with van der Waals surface area (Å²) in [6, 6.07) is 1.66. The van der Waals surface area contributed by atoms with Crippen molar-refractivity contribution in [1.29, 1.82) is 0 Å². The van der Waals surface area contributed by atoms with E-state index < -0.39 is 29.0 Å². The molecule has 0 atom stereocenters. The molecule has 0 aromatic heterocycles. The van der Waals surface area contributed by atoms with E-state index in [9.17, 15) is 22.8 Å². The number of carbonyl (C=O) groups is 2. The Morgan fingerprint density at radius 1 is 1.26 bits per heavy atom. The van der Waals surface area contributed by atoms with E-state index in [2.05, 4.69) is 10.6 Å². The minimum absolute atomic E-state index is 0.147. The summed E-state index contributed by atoms with van der Waals surface area (Å²) >= 11 is 0. The van der Waals surface area contributed by atoms with Gasteiger partial charge in [0.2, 0.25) is 11.8 Å². The number of hydrogen-bond donors (Lipinski definition) is 2. The highest BCUT2D eigenvalue weighted by atomic mass is 19.2. The molecule has 1 fully saturated rings. The van der Waals surface area contributed by atoms with Crippen molar-refractivity contribution in [3.05, 3.63) is 29.6 Å². The summed E-state index contributed by atoms with van der Waals surface area (Å²) in [5, 5.41) is 5.14. The molecule has 1 aliphatic heterocycles. The van der Waals surface area contributed by atoms with Crippen LogP contribution in [0.2, 0.25) is 0 Å². The molecule has 1 aliphatic rings. The van der Waals surface area contributed by atoms with Crippen LogP contribution in [-0.2, 0) is 9.59 Å². The Morgan fingerprint density at radius 3 is 2.52 bits per heavy atom. The average Bonchev–Trinajstić information content (AvgIpc) is 2.45. The van der Waals surface area contributed by atoms with Gasteiger partial charge in [-0.05, 0) is 18.6 Å². The highest BCUT2D eigenvalue weighted by molar-refractivity contribution is 5.95. The summed E-state index contributed by atoms with van der Waals surface area (Å²) in [5.41, 5.74) is -0.455. The van der Waals surface area contributed by atoms with E-state index in [1.165, 1.54) is 4.90 Å². The fourth-order valence-corrected chi connectivity index (χ4v) is 2.24. The fourth-order valence-electron chi connectivity index (χ4n) is 2.24. The number of benzene rings is 1. The van der Waals surface area contributed by atoms with Gasteiger partial charge < -0.3 is 15.5 Å². The van der Waals surface area contributed by atoms with Gasteiger partial charge in [-0.15, -0.1) is 0 Å². The topological polar surface area (TPSA) is 61.4 Å². The molecule has 5 nitrogen and oxygen atoms in total. The second-order valence-corrected chi connectivity index (χ2v) is 5.39. The van der Waals surface area contributed by atoms with Crippen LogP contribution in [0.3, 0.4) is 0 Å². The van der Waals surface area contributed by atoms with Gasteiger partial charge in [-0.25, -0.2) is 13.2 Å². The molecule has 0 radical (unpaired) electrons. The first-order valence-electron chi connectivity index (χ1n) is 7.36. The maximum atomic E-state index is 13.5. The van der Waals surface area contributed by atoms with Crippen LogP contribution >= 0.6 is 0 Å². The molecular formula is C15H18F3N3O2. The Morgan fingerprint density at radius 2 is 1.96 bits per heavy atom. The normalized spacial score (nSPS) is 14.3. The van der Waals surface area contributed by atoms with Crippen molar-refractivity contribution in [1.82, 2.24) is 10.2 Å². The van der Waals surface area contributed by atoms with Crippen LogP contribution in [0, 0.1) is 23.4 Å². The number of rotatable bonds is 6. The second-order valence-electron chi connectivity index (χ2n) is 5.39. The monoisotopic (exact) mass is 329 g/mol. The van der Waals surface area contributed by atoms with Crippen molar-refractivity contribution in [3.8, 4) is 0 Å². The fraction of sp³-hybridized carbons (Fsp3) is 0.467. The van der Waals surface area contributed by atoms with E-state index in [4.69, 9.17) is 0 Å². The van der Waals surface area contributed by atoms with Gasteiger partial charge in [-0.1, -0.05) is 6.92 Å². The first-order chi connectivity index (χ1) is 10.9. The van der Waals surface area contributed by atoms with Crippen LogP contribution in [-0.4, -0.2) is 42.9 Å².